The van der Waals surface area contributed by atoms with Gasteiger partial charge in [-0.3, -0.25) is 4.90 Å². The highest BCUT2D eigenvalue weighted by Crippen LogP contribution is 2.33. The minimum atomic E-state index is 0.188. The van der Waals surface area contributed by atoms with Crippen molar-refractivity contribution in [1.82, 2.24) is 4.90 Å². The molecule has 0 spiro atoms. The molecule has 0 saturated carbocycles. The minimum Gasteiger partial charge on any atom is -0.497 e. The Morgan fingerprint density at radius 3 is 3.00 bits per heavy atom. The quantitative estimate of drug-likeness (QED) is 0.893. The summed E-state index contributed by atoms with van der Waals surface area (Å²) < 4.78 is 12.0. The summed E-state index contributed by atoms with van der Waals surface area (Å²) in [7, 11) is 1.69. The van der Waals surface area contributed by atoms with Crippen LogP contribution in [0.1, 0.15) is 24.9 Å². The molecule has 1 fully saturated rings. The lowest BCUT2D eigenvalue weighted by atomic mass is 10.0. The van der Waals surface area contributed by atoms with Gasteiger partial charge in [-0.2, -0.15) is 0 Å². The summed E-state index contributed by atoms with van der Waals surface area (Å²) in [5.41, 5.74) is 7.26. The van der Waals surface area contributed by atoms with Gasteiger partial charge in [0.2, 0.25) is 0 Å². The Morgan fingerprint density at radius 2 is 2.35 bits per heavy atom. The van der Waals surface area contributed by atoms with Gasteiger partial charge in [-0.1, -0.05) is 22.9 Å². The van der Waals surface area contributed by atoms with Crippen LogP contribution in [0.4, 0.5) is 0 Å². The van der Waals surface area contributed by atoms with Crippen LogP contribution in [0, 0.1) is 0 Å². The van der Waals surface area contributed by atoms with E-state index in [1.165, 1.54) is 5.56 Å². The number of benzene rings is 1. The number of methoxy groups -OCH3 is 1. The molecule has 4 nitrogen and oxygen atoms in total. The van der Waals surface area contributed by atoms with E-state index >= 15 is 0 Å². The molecule has 1 aromatic rings. The van der Waals surface area contributed by atoms with Crippen LogP contribution in [-0.2, 0) is 4.74 Å². The molecule has 2 N–H and O–H groups in total. The summed E-state index contributed by atoms with van der Waals surface area (Å²) in [4.78, 5) is 2.46. The van der Waals surface area contributed by atoms with Crippen LogP contribution < -0.4 is 10.5 Å². The zero-order valence-corrected chi connectivity index (χ0v) is 13.7. The van der Waals surface area contributed by atoms with Crippen molar-refractivity contribution in [3.8, 4) is 5.75 Å². The first-order chi connectivity index (χ1) is 9.71. The number of nitrogens with zero attached hydrogens (tertiary/aromatic N) is 1. The van der Waals surface area contributed by atoms with E-state index in [0.717, 1.165) is 36.4 Å². The van der Waals surface area contributed by atoms with E-state index in [4.69, 9.17) is 15.2 Å². The second-order valence-corrected chi connectivity index (χ2v) is 5.87. The van der Waals surface area contributed by atoms with Crippen molar-refractivity contribution in [2.24, 2.45) is 5.73 Å². The molecule has 5 heteroatoms. The Hall–Kier alpha value is -0.620. The lowest BCUT2D eigenvalue weighted by Crippen LogP contribution is -2.48. The molecule has 0 aliphatic carbocycles. The zero-order valence-electron chi connectivity index (χ0n) is 12.1. The largest absolute Gasteiger partial charge is 0.497 e. The van der Waals surface area contributed by atoms with E-state index in [0.29, 0.717) is 12.6 Å². The van der Waals surface area contributed by atoms with Gasteiger partial charge in [0.25, 0.3) is 0 Å². The lowest BCUT2D eigenvalue weighted by Gasteiger charge is -2.40. The van der Waals surface area contributed by atoms with E-state index in [1.54, 1.807) is 7.11 Å². The maximum atomic E-state index is 6.07. The molecule has 0 radical (unpaired) electrons. The lowest BCUT2D eigenvalue weighted by molar-refractivity contribution is -0.0292. The Kier molecular flexibility index (Phi) is 5.84. The topological polar surface area (TPSA) is 47.7 Å². The maximum Gasteiger partial charge on any atom is 0.119 e. The molecule has 1 aliphatic heterocycles. The van der Waals surface area contributed by atoms with Crippen LogP contribution in [0.2, 0.25) is 0 Å². The van der Waals surface area contributed by atoms with Gasteiger partial charge in [0, 0.05) is 29.6 Å². The van der Waals surface area contributed by atoms with Crippen LogP contribution in [0.15, 0.2) is 22.7 Å². The van der Waals surface area contributed by atoms with Gasteiger partial charge in [0.05, 0.1) is 20.3 Å². The fourth-order valence-corrected chi connectivity index (χ4v) is 3.29. The van der Waals surface area contributed by atoms with Crippen molar-refractivity contribution in [1.29, 1.82) is 0 Å². The van der Waals surface area contributed by atoms with Gasteiger partial charge in [0.1, 0.15) is 5.75 Å². The number of morpholine rings is 1. The standard InChI is InChI=1S/C15H23BrN2O2/c1-3-11-10-20-7-6-18(11)15(9-17)13-8-12(19-2)4-5-14(13)16/h4-5,8,11,15H,3,6-7,9-10,17H2,1-2H3. The molecule has 112 valence electrons. The number of halogens is 1. The highest BCUT2D eigenvalue weighted by atomic mass is 79.9. The summed E-state index contributed by atoms with van der Waals surface area (Å²) >= 11 is 3.64. The molecular weight excluding hydrogens is 320 g/mol. The zero-order chi connectivity index (χ0) is 14.5. The van der Waals surface area contributed by atoms with Gasteiger partial charge in [0.15, 0.2) is 0 Å². The number of hydrogen-bond acceptors (Lipinski definition) is 4. The fourth-order valence-electron chi connectivity index (χ4n) is 2.78. The van der Waals surface area contributed by atoms with Crippen LogP contribution in [0.25, 0.3) is 0 Å². The van der Waals surface area contributed by atoms with Gasteiger partial charge in [-0.15, -0.1) is 0 Å². The summed E-state index contributed by atoms with van der Waals surface area (Å²) in [5, 5.41) is 0. The van der Waals surface area contributed by atoms with Crippen molar-refractivity contribution < 1.29 is 9.47 Å². The van der Waals surface area contributed by atoms with Gasteiger partial charge < -0.3 is 15.2 Å². The summed E-state index contributed by atoms with van der Waals surface area (Å²) in [6.45, 7) is 5.26. The molecule has 0 bridgehead atoms. The summed E-state index contributed by atoms with van der Waals surface area (Å²) in [6, 6.07) is 6.67. The number of nitrogens with two attached hydrogens (primary N) is 1. The Morgan fingerprint density at radius 1 is 1.55 bits per heavy atom. The third kappa shape index (κ3) is 3.34. The molecule has 2 atom stereocenters. The van der Waals surface area contributed by atoms with E-state index in [2.05, 4.69) is 33.8 Å². The molecule has 1 aliphatic rings. The first-order valence-electron chi connectivity index (χ1n) is 7.08. The predicted octanol–water partition coefficient (Wildman–Crippen LogP) is 2.57. The monoisotopic (exact) mass is 342 g/mol. The first-order valence-corrected chi connectivity index (χ1v) is 7.87. The van der Waals surface area contributed by atoms with E-state index < -0.39 is 0 Å². The highest BCUT2D eigenvalue weighted by molar-refractivity contribution is 9.10. The van der Waals surface area contributed by atoms with Crippen LogP contribution >= 0.6 is 15.9 Å². The third-order valence-corrected chi connectivity index (χ3v) is 4.65. The second kappa shape index (κ2) is 7.41. The minimum absolute atomic E-state index is 0.188. The van der Waals surface area contributed by atoms with Crippen molar-refractivity contribution in [3.05, 3.63) is 28.2 Å². The normalized spacial score (nSPS) is 21.7. The van der Waals surface area contributed by atoms with Crippen molar-refractivity contribution in [3.63, 3.8) is 0 Å². The first kappa shape index (κ1) is 15.8. The van der Waals surface area contributed by atoms with Gasteiger partial charge >= 0.3 is 0 Å². The Bertz CT molecular complexity index is 442. The molecule has 2 rings (SSSR count). The predicted molar refractivity (Wildman–Crippen MR) is 84.1 cm³/mol. The maximum absolute atomic E-state index is 6.07. The van der Waals surface area contributed by atoms with E-state index in [-0.39, 0.29) is 6.04 Å². The highest BCUT2D eigenvalue weighted by Gasteiger charge is 2.29. The van der Waals surface area contributed by atoms with Crippen molar-refractivity contribution in [2.75, 3.05) is 33.4 Å². The fraction of sp³-hybridized carbons (Fsp3) is 0.600. The van der Waals surface area contributed by atoms with Crippen LogP contribution in [0.5, 0.6) is 5.75 Å². The van der Waals surface area contributed by atoms with Crippen molar-refractivity contribution in [2.45, 2.75) is 25.4 Å². The molecule has 1 heterocycles. The molecule has 0 aromatic heterocycles. The second-order valence-electron chi connectivity index (χ2n) is 5.01. The Labute approximate surface area is 129 Å². The van der Waals surface area contributed by atoms with Crippen LogP contribution in [-0.4, -0.2) is 44.4 Å². The molecule has 1 saturated heterocycles. The molecule has 1 aromatic carbocycles. The number of rotatable bonds is 5. The van der Waals surface area contributed by atoms with Gasteiger partial charge in [-0.05, 0) is 30.2 Å². The summed E-state index contributed by atoms with van der Waals surface area (Å²) in [5.74, 6) is 0.864. The molecule has 2 unspecified atom stereocenters. The molecule has 20 heavy (non-hydrogen) atoms. The number of hydrogen-bond donors (Lipinski definition) is 1. The van der Waals surface area contributed by atoms with Crippen molar-refractivity contribution >= 4 is 15.9 Å². The average molecular weight is 343 g/mol. The SMILES string of the molecule is CCC1COCCN1C(CN)c1cc(OC)ccc1Br. The van der Waals surface area contributed by atoms with Gasteiger partial charge in [-0.25, -0.2) is 0 Å². The number of ether oxygens (including phenoxy) is 2. The average Bonchev–Trinajstić information content (AvgIpc) is 2.50. The molecular formula is C15H23BrN2O2. The Balaban J connectivity index is 2.30. The van der Waals surface area contributed by atoms with E-state index in [9.17, 15) is 0 Å². The summed E-state index contributed by atoms with van der Waals surface area (Å²) in [6.07, 6.45) is 1.07. The van der Waals surface area contributed by atoms with Crippen LogP contribution in [0.3, 0.4) is 0 Å². The third-order valence-electron chi connectivity index (χ3n) is 3.93. The smallest absolute Gasteiger partial charge is 0.119 e. The molecule has 0 amide bonds. The van der Waals surface area contributed by atoms with E-state index in [1.807, 2.05) is 12.1 Å².